The molecule has 2 aromatic rings. The van der Waals surface area contributed by atoms with Gasteiger partial charge in [-0.15, -0.1) is 0 Å². The maximum Gasteiger partial charge on any atom is 0.411 e. The van der Waals surface area contributed by atoms with Gasteiger partial charge in [-0.25, -0.2) is 4.79 Å². The second-order valence-electron chi connectivity index (χ2n) is 6.97. The van der Waals surface area contributed by atoms with E-state index in [4.69, 9.17) is 4.74 Å². The highest BCUT2D eigenvalue weighted by molar-refractivity contribution is 5.96. The summed E-state index contributed by atoms with van der Waals surface area (Å²) < 4.78 is 5.46. The standard InChI is InChI=1S/C21H22N2O3/c24-19-21(16-22(19)14-17-8-3-1-4-9-17)12-7-13-23(21)20(25)26-15-18-10-5-2-6-11-18/h1-6,8-11H,7,12-16H2/t21-/m1/s1. The second-order valence-corrected chi connectivity index (χ2v) is 6.97. The zero-order chi connectivity index (χ0) is 18.0. The molecule has 0 radical (unpaired) electrons. The van der Waals surface area contributed by atoms with E-state index in [1.54, 1.807) is 4.90 Å². The summed E-state index contributed by atoms with van der Waals surface area (Å²) >= 11 is 0. The molecule has 4 rings (SSSR count). The predicted octanol–water partition coefficient (Wildman–Crippen LogP) is 3.20. The zero-order valence-electron chi connectivity index (χ0n) is 14.6. The lowest BCUT2D eigenvalue weighted by molar-refractivity contribution is -0.160. The molecule has 2 aliphatic heterocycles. The SMILES string of the molecule is O=C(OCc1ccccc1)N1CCC[C@]12CN(Cc1ccccc1)C2=O. The molecule has 5 nitrogen and oxygen atoms in total. The third-order valence-electron chi connectivity index (χ3n) is 5.27. The molecule has 2 aromatic carbocycles. The minimum atomic E-state index is -0.692. The van der Waals surface area contributed by atoms with E-state index in [9.17, 15) is 9.59 Å². The summed E-state index contributed by atoms with van der Waals surface area (Å²) in [5.41, 5.74) is 1.36. The summed E-state index contributed by atoms with van der Waals surface area (Å²) in [6.45, 7) is 1.99. The summed E-state index contributed by atoms with van der Waals surface area (Å²) in [7, 11) is 0. The van der Waals surface area contributed by atoms with Gasteiger partial charge in [0.25, 0.3) is 5.91 Å². The van der Waals surface area contributed by atoms with Crippen LogP contribution >= 0.6 is 0 Å². The zero-order valence-corrected chi connectivity index (χ0v) is 14.6. The van der Waals surface area contributed by atoms with Gasteiger partial charge in [0, 0.05) is 13.1 Å². The number of nitrogens with zero attached hydrogens (tertiary/aromatic N) is 2. The third-order valence-corrected chi connectivity index (χ3v) is 5.27. The highest BCUT2D eigenvalue weighted by Crippen LogP contribution is 2.40. The van der Waals surface area contributed by atoms with E-state index >= 15 is 0 Å². The van der Waals surface area contributed by atoms with Crippen LogP contribution in [-0.2, 0) is 22.7 Å². The van der Waals surface area contributed by atoms with Crippen molar-refractivity contribution in [2.45, 2.75) is 31.5 Å². The van der Waals surface area contributed by atoms with Crippen LogP contribution < -0.4 is 0 Å². The molecule has 2 aliphatic rings. The molecule has 1 spiro atoms. The fourth-order valence-electron chi connectivity index (χ4n) is 3.92. The average Bonchev–Trinajstić information content (AvgIpc) is 3.14. The quantitative estimate of drug-likeness (QED) is 0.796. The molecule has 1 atom stereocenters. The Bertz CT molecular complexity index is 793. The van der Waals surface area contributed by atoms with Crippen LogP contribution in [0.5, 0.6) is 0 Å². The van der Waals surface area contributed by atoms with Crippen LogP contribution in [0, 0.1) is 0 Å². The molecule has 0 N–H and O–H groups in total. The van der Waals surface area contributed by atoms with Gasteiger partial charge in [-0.1, -0.05) is 60.7 Å². The van der Waals surface area contributed by atoms with Gasteiger partial charge in [-0.05, 0) is 24.0 Å². The summed E-state index contributed by atoms with van der Waals surface area (Å²) in [4.78, 5) is 28.9. The van der Waals surface area contributed by atoms with Crippen LogP contribution in [-0.4, -0.2) is 40.4 Å². The van der Waals surface area contributed by atoms with Crippen molar-refractivity contribution in [3.63, 3.8) is 0 Å². The van der Waals surface area contributed by atoms with Crippen molar-refractivity contribution >= 4 is 12.0 Å². The lowest BCUT2D eigenvalue weighted by atomic mass is 9.85. The maximum atomic E-state index is 12.9. The van der Waals surface area contributed by atoms with Gasteiger partial charge in [0.05, 0.1) is 6.54 Å². The topological polar surface area (TPSA) is 49.9 Å². The number of carbonyl (C=O) groups is 2. The van der Waals surface area contributed by atoms with Gasteiger partial charge in [-0.2, -0.15) is 0 Å². The number of amides is 2. The molecule has 2 saturated heterocycles. The lowest BCUT2D eigenvalue weighted by Gasteiger charge is -2.50. The van der Waals surface area contributed by atoms with Gasteiger partial charge >= 0.3 is 6.09 Å². The monoisotopic (exact) mass is 350 g/mol. The van der Waals surface area contributed by atoms with Crippen LogP contribution in [0.1, 0.15) is 24.0 Å². The Morgan fingerprint density at radius 2 is 1.65 bits per heavy atom. The van der Waals surface area contributed by atoms with E-state index in [2.05, 4.69) is 0 Å². The largest absolute Gasteiger partial charge is 0.445 e. The Morgan fingerprint density at radius 1 is 1.00 bits per heavy atom. The first-order valence-electron chi connectivity index (χ1n) is 9.01. The van der Waals surface area contributed by atoms with Crippen LogP contribution in [0.3, 0.4) is 0 Å². The van der Waals surface area contributed by atoms with E-state index in [1.165, 1.54) is 0 Å². The molecule has 0 saturated carbocycles. The number of likely N-dealkylation sites (tertiary alicyclic amines) is 2. The average molecular weight is 350 g/mol. The van der Waals surface area contributed by atoms with Crippen molar-refractivity contribution in [1.82, 2.24) is 9.80 Å². The summed E-state index contributed by atoms with van der Waals surface area (Å²) in [6, 6.07) is 19.5. The Kier molecular flexibility index (Phi) is 4.37. The second kappa shape index (κ2) is 6.83. The molecule has 0 aliphatic carbocycles. The van der Waals surface area contributed by atoms with E-state index in [0.29, 0.717) is 19.6 Å². The number of hydrogen-bond donors (Lipinski definition) is 0. The van der Waals surface area contributed by atoms with Gasteiger partial charge < -0.3 is 9.64 Å². The lowest BCUT2D eigenvalue weighted by Crippen LogP contribution is -2.72. The Balaban J connectivity index is 1.39. The minimum Gasteiger partial charge on any atom is -0.445 e. The Labute approximate surface area is 153 Å². The van der Waals surface area contributed by atoms with Crippen LogP contribution in [0.25, 0.3) is 0 Å². The van der Waals surface area contributed by atoms with Crippen LogP contribution in [0.4, 0.5) is 4.79 Å². The molecule has 26 heavy (non-hydrogen) atoms. The molecular weight excluding hydrogens is 328 g/mol. The van der Waals surface area contributed by atoms with Crippen molar-refractivity contribution in [2.24, 2.45) is 0 Å². The van der Waals surface area contributed by atoms with Gasteiger partial charge in [0.2, 0.25) is 0 Å². The number of benzene rings is 2. The molecule has 2 fully saturated rings. The minimum absolute atomic E-state index is 0.0375. The maximum absolute atomic E-state index is 12.9. The molecule has 134 valence electrons. The van der Waals surface area contributed by atoms with Crippen molar-refractivity contribution < 1.29 is 14.3 Å². The van der Waals surface area contributed by atoms with E-state index < -0.39 is 5.54 Å². The summed E-state index contributed by atoms with van der Waals surface area (Å²) in [5, 5.41) is 0. The Hall–Kier alpha value is -2.82. The number of ether oxygens (including phenoxy) is 1. The van der Waals surface area contributed by atoms with Crippen LogP contribution in [0.2, 0.25) is 0 Å². The van der Waals surface area contributed by atoms with E-state index in [1.807, 2.05) is 65.6 Å². The molecule has 0 bridgehead atoms. The first kappa shape index (κ1) is 16.6. The summed E-state index contributed by atoms with van der Waals surface area (Å²) in [6.07, 6.45) is 1.17. The van der Waals surface area contributed by atoms with Crippen LogP contribution in [0.15, 0.2) is 60.7 Å². The normalized spacial score (nSPS) is 21.8. The molecule has 2 amide bonds. The fraction of sp³-hybridized carbons (Fsp3) is 0.333. The molecular formula is C21H22N2O3. The van der Waals surface area contributed by atoms with Crippen molar-refractivity contribution in [3.8, 4) is 0 Å². The molecule has 5 heteroatoms. The third kappa shape index (κ3) is 2.94. The predicted molar refractivity (Wildman–Crippen MR) is 97.2 cm³/mol. The molecule has 0 aromatic heterocycles. The van der Waals surface area contributed by atoms with Gasteiger partial charge in [0.1, 0.15) is 12.1 Å². The van der Waals surface area contributed by atoms with E-state index in [-0.39, 0.29) is 18.6 Å². The number of rotatable bonds is 4. The number of carbonyl (C=O) groups excluding carboxylic acids is 2. The highest BCUT2D eigenvalue weighted by Gasteiger charge is 2.59. The van der Waals surface area contributed by atoms with Gasteiger partial charge in [-0.3, -0.25) is 9.69 Å². The molecule has 2 heterocycles. The Morgan fingerprint density at radius 3 is 2.31 bits per heavy atom. The van der Waals surface area contributed by atoms with Gasteiger partial charge in [0.15, 0.2) is 0 Å². The first-order chi connectivity index (χ1) is 12.7. The highest BCUT2D eigenvalue weighted by atomic mass is 16.6. The van der Waals surface area contributed by atoms with E-state index in [0.717, 1.165) is 24.0 Å². The van der Waals surface area contributed by atoms with Crippen molar-refractivity contribution in [3.05, 3.63) is 71.8 Å². The summed E-state index contributed by atoms with van der Waals surface area (Å²) in [5.74, 6) is 0.0375. The first-order valence-corrected chi connectivity index (χ1v) is 9.01. The number of β-lactam (4-membered cyclic amide) rings is 1. The fourth-order valence-corrected chi connectivity index (χ4v) is 3.92. The smallest absolute Gasteiger partial charge is 0.411 e. The number of hydrogen-bond acceptors (Lipinski definition) is 3. The molecule has 0 unspecified atom stereocenters. The van der Waals surface area contributed by atoms with Crippen molar-refractivity contribution in [2.75, 3.05) is 13.1 Å². The van der Waals surface area contributed by atoms with Crippen molar-refractivity contribution in [1.29, 1.82) is 0 Å².